The first-order valence-corrected chi connectivity index (χ1v) is 7.93. The van der Waals surface area contributed by atoms with Gasteiger partial charge in [0.25, 0.3) is 0 Å². The van der Waals surface area contributed by atoms with Crippen molar-refractivity contribution in [2.45, 2.75) is 38.3 Å². The normalized spacial score (nSPS) is 21.8. The molecule has 124 valence electrons. The van der Waals surface area contributed by atoms with Crippen LogP contribution in [0.5, 0.6) is 0 Å². The van der Waals surface area contributed by atoms with E-state index in [1.807, 2.05) is 25.0 Å². The van der Waals surface area contributed by atoms with Gasteiger partial charge in [-0.05, 0) is 45.7 Å². The van der Waals surface area contributed by atoms with Gasteiger partial charge in [-0.25, -0.2) is 4.79 Å². The quantitative estimate of drug-likeness (QED) is 0.735. The number of urea groups is 1. The Hall–Kier alpha value is -1.60. The van der Waals surface area contributed by atoms with Crippen molar-refractivity contribution >= 4 is 11.8 Å². The summed E-state index contributed by atoms with van der Waals surface area (Å²) in [5.41, 5.74) is 0. The standard InChI is InChI=1S/C15H27N5O2/c1-19(2)9-10-20-8-7-14(18-20)17-15(22)16-13-5-3-12(11-21)4-6-13/h7-8,12-13,21H,3-6,9-11H2,1-2H3,(H2,16,17,18,22). The van der Waals surface area contributed by atoms with E-state index in [1.165, 1.54) is 0 Å². The smallest absolute Gasteiger partial charge is 0.320 e. The maximum Gasteiger partial charge on any atom is 0.320 e. The minimum Gasteiger partial charge on any atom is -0.396 e. The lowest BCUT2D eigenvalue weighted by Gasteiger charge is -2.27. The molecule has 7 heteroatoms. The number of carbonyl (C=O) groups is 1. The lowest BCUT2D eigenvalue weighted by molar-refractivity contribution is 0.176. The van der Waals surface area contributed by atoms with E-state index in [0.717, 1.165) is 38.8 Å². The van der Waals surface area contributed by atoms with E-state index in [1.54, 1.807) is 6.07 Å². The van der Waals surface area contributed by atoms with E-state index in [9.17, 15) is 4.79 Å². The zero-order valence-electron chi connectivity index (χ0n) is 13.5. The van der Waals surface area contributed by atoms with E-state index in [4.69, 9.17) is 5.11 Å². The van der Waals surface area contributed by atoms with Gasteiger partial charge in [0.1, 0.15) is 0 Å². The van der Waals surface area contributed by atoms with Crippen molar-refractivity contribution < 1.29 is 9.90 Å². The fourth-order valence-electron chi connectivity index (χ4n) is 2.68. The van der Waals surface area contributed by atoms with Gasteiger partial charge < -0.3 is 15.3 Å². The molecular formula is C15H27N5O2. The van der Waals surface area contributed by atoms with Gasteiger partial charge >= 0.3 is 6.03 Å². The van der Waals surface area contributed by atoms with E-state index in [-0.39, 0.29) is 18.7 Å². The molecule has 22 heavy (non-hydrogen) atoms. The summed E-state index contributed by atoms with van der Waals surface area (Å²) in [5.74, 6) is 0.966. The SMILES string of the molecule is CN(C)CCn1ccc(NC(=O)NC2CCC(CO)CC2)n1. The third-order valence-electron chi connectivity index (χ3n) is 4.10. The lowest BCUT2D eigenvalue weighted by Crippen LogP contribution is -2.40. The number of likely N-dealkylation sites (N-methyl/N-ethyl adjacent to an activating group) is 1. The molecule has 7 nitrogen and oxygen atoms in total. The maximum atomic E-state index is 12.0. The number of nitrogens with one attached hydrogen (secondary N) is 2. The molecule has 1 heterocycles. The second-order valence-corrected chi connectivity index (χ2v) is 6.27. The highest BCUT2D eigenvalue weighted by molar-refractivity contribution is 5.88. The molecule has 0 aliphatic heterocycles. The molecule has 0 saturated heterocycles. The Morgan fingerprint density at radius 3 is 2.77 bits per heavy atom. The molecule has 1 aliphatic rings. The average molecular weight is 309 g/mol. The van der Waals surface area contributed by atoms with E-state index in [0.29, 0.717) is 11.7 Å². The van der Waals surface area contributed by atoms with Crippen LogP contribution >= 0.6 is 0 Å². The molecule has 1 aromatic heterocycles. The van der Waals surface area contributed by atoms with E-state index < -0.39 is 0 Å². The van der Waals surface area contributed by atoms with Crippen molar-refractivity contribution in [3.63, 3.8) is 0 Å². The van der Waals surface area contributed by atoms with Crippen LogP contribution in [0, 0.1) is 5.92 Å². The van der Waals surface area contributed by atoms with Crippen LogP contribution in [0.25, 0.3) is 0 Å². The van der Waals surface area contributed by atoms with Gasteiger partial charge in [0, 0.05) is 31.5 Å². The largest absolute Gasteiger partial charge is 0.396 e. The summed E-state index contributed by atoms with van der Waals surface area (Å²) in [4.78, 5) is 14.1. The molecule has 2 rings (SSSR count). The second-order valence-electron chi connectivity index (χ2n) is 6.27. The third kappa shape index (κ3) is 5.31. The number of hydrogen-bond donors (Lipinski definition) is 3. The topological polar surface area (TPSA) is 82.4 Å². The van der Waals surface area contributed by atoms with Crippen LogP contribution < -0.4 is 10.6 Å². The summed E-state index contributed by atoms with van der Waals surface area (Å²) in [6.07, 6.45) is 5.67. The monoisotopic (exact) mass is 309 g/mol. The number of aromatic nitrogens is 2. The van der Waals surface area contributed by atoms with Crippen LogP contribution in [0.1, 0.15) is 25.7 Å². The highest BCUT2D eigenvalue weighted by Crippen LogP contribution is 2.23. The minimum absolute atomic E-state index is 0.193. The van der Waals surface area contributed by atoms with Crippen molar-refractivity contribution in [2.75, 3.05) is 32.6 Å². The Morgan fingerprint density at radius 1 is 1.41 bits per heavy atom. The number of rotatable bonds is 6. The lowest BCUT2D eigenvalue weighted by atomic mass is 9.87. The summed E-state index contributed by atoms with van der Waals surface area (Å²) >= 11 is 0. The first-order valence-electron chi connectivity index (χ1n) is 7.93. The average Bonchev–Trinajstić information content (AvgIpc) is 2.93. The highest BCUT2D eigenvalue weighted by Gasteiger charge is 2.21. The van der Waals surface area contributed by atoms with Gasteiger partial charge in [0.05, 0.1) is 6.54 Å². The Morgan fingerprint density at radius 2 is 2.14 bits per heavy atom. The van der Waals surface area contributed by atoms with Crippen molar-refractivity contribution in [3.8, 4) is 0 Å². The molecule has 1 saturated carbocycles. The molecule has 0 radical (unpaired) electrons. The molecule has 0 aromatic carbocycles. The van der Waals surface area contributed by atoms with Crippen LogP contribution in [0.15, 0.2) is 12.3 Å². The summed E-state index contributed by atoms with van der Waals surface area (Å²) in [5, 5.41) is 19.2. The third-order valence-corrected chi connectivity index (χ3v) is 4.10. The number of hydrogen-bond acceptors (Lipinski definition) is 4. The number of aliphatic hydroxyl groups excluding tert-OH is 1. The Kier molecular flexibility index (Phi) is 6.21. The number of aliphatic hydroxyl groups is 1. The number of anilines is 1. The zero-order valence-corrected chi connectivity index (χ0v) is 13.5. The Balaban J connectivity index is 1.73. The van der Waals surface area contributed by atoms with Crippen molar-refractivity contribution in [1.29, 1.82) is 0 Å². The molecule has 0 atom stereocenters. The second kappa shape index (κ2) is 8.14. The molecule has 2 amide bonds. The van der Waals surface area contributed by atoms with Crippen molar-refractivity contribution in [3.05, 3.63) is 12.3 Å². The van der Waals surface area contributed by atoms with Crippen LogP contribution in [0.4, 0.5) is 10.6 Å². The molecule has 0 unspecified atom stereocenters. The molecule has 0 spiro atoms. The first-order chi connectivity index (χ1) is 10.6. The molecule has 3 N–H and O–H groups in total. The molecule has 1 fully saturated rings. The van der Waals surface area contributed by atoms with Crippen molar-refractivity contribution in [2.24, 2.45) is 5.92 Å². The Bertz CT molecular complexity index is 466. The molecule has 1 aromatic rings. The zero-order chi connectivity index (χ0) is 15.9. The van der Waals surface area contributed by atoms with Gasteiger partial charge in [0.15, 0.2) is 5.82 Å². The van der Waals surface area contributed by atoms with Crippen LogP contribution in [0.2, 0.25) is 0 Å². The molecule has 0 bridgehead atoms. The number of amides is 2. The van der Waals surface area contributed by atoms with Crippen LogP contribution in [0.3, 0.4) is 0 Å². The van der Waals surface area contributed by atoms with Crippen LogP contribution in [-0.2, 0) is 6.54 Å². The summed E-state index contributed by atoms with van der Waals surface area (Å²) in [6, 6.07) is 1.79. The summed E-state index contributed by atoms with van der Waals surface area (Å²) in [6.45, 7) is 1.95. The van der Waals surface area contributed by atoms with Crippen LogP contribution in [-0.4, -0.2) is 59.1 Å². The summed E-state index contributed by atoms with van der Waals surface area (Å²) < 4.78 is 1.82. The van der Waals surface area contributed by atoms with Crippen molar-refractivity contribution in [1.82, 2.24) is 20.0 Å². The highest BCUT2D eigenvalue weighted by atomic mass is 16.3. The predicted molar refractivity (Wildman–Crippen MR) is 85.8 cm³/mol. The molecular weight excluding hydrogens is 282 g/mol. The van der Waals surface area contributed by atoms with Gasteiger partial charge in [-0.3, -0.25) is 10.00 Å². The van der Waals surface area contributed by atoms with Gasteiger partial charge in [-0.1, -0.05) is 0 Å². The van der Waals surface area contributed by atoms with Gasteiger partial charge in [-0.2, -0.15) is 5.10 Å². The first kappa shape index (κ1) is 16.8. The molecule has 1 aliphatic carbocycles. The number of nitrogens with zero attached hydrogens (tertiary/aromatic N) is 3. The fourth-order valence-corrected chi connectivity index (χ4v) is 2.68. The maximum absolute atomic E-state index is 12.0. The minimum atomic E-state index is -0.203. The van der Waals surface area contributed by atoms with E-state index in [2.05, 4.69) is 20.6 Å². The van der Waals surface area contributed by atoms with E-state index >= 15 is 0 Å². The fraction of sp³-hybridized carbons (Fsp3) is 0.733. The Labute approximate surface area is 131 Å². The van der Waals surface area contributed by atoms with Gasteiger partial charge in [0.2, 0.25) is 0 Å². The van der Waals surface area contributed by atoms with Gasteiger partial charge in [-0.15, -0.1) is 0 Å². The summed E-state index contributed by atoms with van der Waals surface area (Å²) in [7, 11) is 4.03. The predicted octanol–water partition coefficient (Wildman–Crippen LogP) is 1.12. The number of carbonyl (C=O) groups excluding carboxylic acids is 1.